The normalized spacial score (nSPS) is 10.1. The van der Waals surface area contributed by atoms with Gasteiger partial charge in [-0.1, -0.05) is 30.3 Å². The van der Waals surface area contributed by atoms with Crippen LogP contribution in [-0.2, 0) is 0 Å². The molecule has 0 atom stereocenters. The standard InChI is InChI=1S/C12H12N2/c1-9-7-11(12(13)14-8-9)10-5-3-2-4-6-10/h2-8H,1H3,(H2,13,14). The molecule has 0 amide bonds. The van der Waals surface area contributed by atoms with Crippen molar-refractivity contribution >= 4 is 5.82 Å². The van der Waals surface area contributed by atoms with E-state index in [0.29, 0.717) is 5.82 Å². The summed E-state index contributed by atoms with van der Waals surface area (Å²) in [5.41, 5.74) is 9.05. The lowest BCUT2D eigenvalue weighted by Gasteiger charge is -2.05. The van der Waals surface area contributed by atoms with Crippen molar-refractivity contribution in [1.82, 2.24) is 4.98 Å². The number of nitrogens with zero attached hydrogens (tertiary/aromatic N) is 1. The number of rotatable bonds is 1. The molecule has 0 saturated carbocycles. The summed E-state index contributed by atoms with van der Waals surface area (Å²) in [4.78, 5) is 4.13. The van der Waals surface area contributed by atoms with E-state index >= 15 is 0 Å². The van der Waals surface area contributed by atoms with E-state index in [-0.39, 0.29) is 0 Å². The summed E-state index contributed by atoms with van der Waals surface area (Å²) < 4.78 is 0. The average molecular weight is 184 g/mol. The Morgan fingerprint density at radius 2 is 1.86 bits per heavy atom. The lowest BCUT2D eigenvalue weighted by Crippen LogP contribution is -1.94. The van der Waals surface area contributed by atoms with Crippen LogP contribution in [0.25, 0.3) is 11.1 Å². The summed E-state index contributed by atoms with van der Waals surface area (Å²) in [5.74, 6) is 0.585. The number of nitrogens with two attached hydrogens (primary N) is 1. The first-order valence-corrected chi connectivity index (χ1v) is 4.55. The number of anilines is 1. The maximum atomic E-state index is 5.81. The fraction of sp³-hybridized carbons (Fsp3) is 0.0833. The molecule has 0 saturated heterocycles. The van der Waals surface area contributed by atoms with Gasteiger partial charge in [0.2, 0.25) is 0 Å². The second kappa shape index (κ2) is 3.50. The molecule has 0 fully saturated rings. The molecule has 1 aromatic heterocycles. The molecule has 0 bridgehead atoms. The highest BCUT2D eigenvalue weighted by Crippen LogP contribution is 2.24. The van der Waals surface area contributed by atoms with Gasteiger partial charge in [-0.2, -0.15) is 0 Å². The molecule has 14 heavy (non-hydrogen) atoms. The van der Waals surface area contributed by atoms with Crippen molar-refractivity contribution in [3.63, 3.8) is 0 Å². The Balaban J connectivity index is 2.57. The van der Waals surface area contributed by atoms with Crippen LogP contribution in [0.1, 0.15) is 5.56 Å². The number of nitrogen functional groups attached to an aromatic ring is 1. The maximum absolute atomic E-state index is 5.81. The van der Waals surface area contributed by atoms with Crippen LogP contribution in [0.5, 0.6) is 0 Å². The molecule has 2 heteroatoms. The molecule has 1 aromatic carbocycles. The van der Waals surface area contributed by atoms with Crippen LogP contribution < -0.4 is 5.73 Å². The van der Waals surface area contributed by atoms with Crippen molar-refractivity contribution in [2.24, 2.45) is 0 Å². The summed E-state index contributed by atoms with van der Waals surface area (Å²) in [6.45, 7) is 2.01. The topological polar surface area (TPSA) is 38.9 Å². The highest BCUT2D eigenvalue weighted by atomic mass is 14.8. The molecule has 0 unspecified atom stereocenters. The minimum Gasteiger partial charge on any atom is -0.383 e. The first kappa shape index (κ1) is 8.75. The Bertz CT molecular complexity index is 435. The minimum absolute atomic E-state index is 0.585. The van der Waals surface area contributed by atoms with Gasteiger partial charge in [0.05, 0.1) is 0 Å². The third-order valence-corrected chi connectivity index (χ3v) is 2.14. The summed E-state index contributed by atoms with van der Waals surface area (Å²) in [7, 11) is 0. The number of hydrogen-bond donors (Lipinski definition) is 1. The Hall–Kier alpha value is -1.83. The molecule has 0 spiro atoms. The molecule has 2 N–H and O–H groups in total. The quantitative estimate of drug-likeness (QED) is 0.740. The molecule has 2 rings (SSSR count). The highest BCUT2D eigenvalue weighted by Gasteiger charge is 2.02. The Labute approximate surface area is 83.4 Å². The van der Waals surface area contributed by atoms with E-state index in [2.05, 4.69) is 11.1 Å². The van der Waals surface area contributed by atoms with Crippen LogP contribution >= 0.6 is 0 Å². The Morgan fingerprint density at radius 1 is 1.14 bits per heavy atom. The molecule has 0 radical (unpaired) electrons. The zero-order valence-corrected chi connectivity index (χ0v) is 8.07. The van der Waals surface area contributed by atoms with Crippen molar-refractivity contribution in [1.29, 1.82) is 0 Å². The zero-order valence-electron chi connectivity index (χ0n) is 8.07. The van der Waals surface area contributed by atoms with Gasteiger partial charge in [-0.05, 0) is 24.1 Å². The smallest absolute Gasteiger partial charge is 0.131 e. The molecule has 0 aliphatic rings. The van der Waals surface area contributed by atoms with E-state index in [1.54, 1.807) is 6.20 Å². The van der Waals surface area contributed by atoms with E-state index in [1.807, 2.05) is 37.3 Å². The summed E-state index contributed by atoms with van der Waals surface area (Å²) >= 11 is 0. The third-order valence-electron chi connectivity index (χ3n) is 2.14. The molecule has 70 valence electrons. The van der Waals surface area contributed by atoms with Crippen LogP contribution in [0.3, 0.4) is 0 Å². The molecular formula is C12H12N2. The van der Waals surface area contributed by atoms with E-state index < -0.39 is 0 Å². The van der Waals surface area contributed by atoms with Gasteiger partial charge in [-0.15, -0.1) is 0 Å². The molecule has 0 aliphatic heterocycles. The SMILES string of the molecule is Cc1cnc(N)c(-c2ccccc2)c1. The Kier molecular flexibility index (Phi) is 2.19. The van der Waals surface area contributed by atoms with Crippen molar-refractivity contribution in [2.45, 2.75) is 6.92 Å². The van der Waals surface area contributed by atoms with Gasteiger partial charge >= 0.3 is 0 Å². The van der Waals surface area contributed by atoms with Gasteiger partial charge in [0.25, 0.3) is 0 Å². The van der Waals surface area contributed by atoms with Crippen LogP contribution in [0.2, 0.25) is 0 Å². The van der Waals surface area contributed by atoms with E-state index in [0.717, 1.165) is 16.7 Å². The van der Waals surface area contributed by atoms with E-state index in [1.165, 1.54) is 0 Å². The number of hydrogen-bond acceptors (Lipinski definition) is 2. The largest absolute Gasteiger partial charge is 0.383 e. The predicted molar refractivity (Wildman–Crippen MR) is 58.8 cm³/mol. The van der Waals surface area contributed by atoms with Crippen LogP contribution in [0.15, 0.2) is 42.6 Å². The van der Waals surface area contributed by atoms with Crippen molar-refractivity contribution in [3.05, 3.63) is 48.2 Å². The summed E-state index contributed by atoms with van der Waals surface area (Å²) in [6.07, 6.45) is 1.78. The highest BCUT2D eigenvalue weighted by molar-refractivity contribution is 5.73. The zero-order chi connectivity index (χ0) is 9.97. The fourth-order valence-electron chi connectivity index (χ4n) is 1.43. The summed E-state index contributed by atoms with van der Waals surface area (Å²) in [6, 6.07) is 12.1. The Morgan fingerprint density at radius 3 is 2.57 bits per heavy atom. The molecule has 1 heterocycles. The third kappa shape index (κ3) is 1.59. The fourth-order valence-corrected chi connectivity index (χ4v) is 1.43. The average Bonchev–Trinajstić information content (AvgIpc) is 2.23. The monoisotopic (exact) mass is 184 g/mol. The van der Waals surface area contributed by atoms with Crippen molar-refractivity contribution in [3.8, 4) is 11.1 Å². The van der Waals surface area contributed by atoms with Gasteiger partial charge in [0.15, 0.2) is 0 Å². The first-order valence-electron chi connectivity index (χ1n) is 4.55. The number of benzene rings is 1. The number of pyridine rings is 1. The van der Waals surface area contributed by atoms with Gasteiger partial charge in [0, 0.05) is 11.8 Å². The number of aromatic nitrogens is 1. The van der Waals surface area contributed by atoms with Gasteiger partial charge in [0.1, 0.15) is 5.82 Å². The second-order valence-electron chi connectivity index (χ2n) is 3.31. The van der Waals surface area contributed by atoms with Crippen molar-refractivity contribution < 1.29 is 0 Å². The maximum Gasteiger partial charge on any atom is 0.131 e. The van der Waals surface area contributed by atoms with Crippen LogP contribution in [0.4, 0.5) is 5.82 Å². The van der Waals surface area contributed by atoms with Crippen LogP contribution in [-0.4, -0.2) is 4.98 Å². The van der Waals surface area contributed by atoms with Crippen LogP contribution in [0, 0.1) is 6.92 Å². The molecular weight excluding hydrogens is 172 g/mol. The van der Waals surface area contributed by atoms with Gasteiger partial charge in [-0.25, -0.2) is 4.98 Å². The molecule has 2 nitrogen and oxygen atoms in total. The lowest BCUT2D eigenvalue weighted by atomic mass is 10.1. The summed E-state index contributed by atoms with van der Waals surface area (Å²) in [5, 5.41) is 0. The van der Waals surface area contributed by atoms with Crippen molar-refractivity contribution in [2.75, 3.05) is 5.73 Å². The minimum atomic E-state index is 0.585. The van der Waals surface area contributed by atoms with E-state index in [9.17, 15) is 0 Å². The number of aryl methyl sites for hydroxylation is 1. The van der Waals surface area contributed by atoms with Gasteiger partial charge in [-0.3, -0.25) is 0 Å². The predicted octanol–water partition coefficient (Wildman–Crippen LogP) is 2.64. The molecule has 0 aliphatic carbocycles. The first-order chi connectivity index (χ1) is 6.77. The van der Waals surface area contributed by atoms with E-state index in [4.69, 9.17) is 5.73 Å². The lowest BCUT2D eigenvalue weighted by molar-refractivity contribution is 1.28. The molecule has 2 aromatic rings. The van der Waals surface area contributed by atoms with Gasteiger partial charge < -0.3 is 5.73 Å². The second-order valence-corrected chi connectivity index (χ2v) is 3.31.